The fourth-order valence-corrected chi connectivity index (χ4v) is 6.46. The molecule has 0 saturated heterocycles. The molecule has 246 valence electrons. The first-order valence-corrected chi connectivity index (χ1v) is 15.3. The third-order valence-corrected chi connectivity index (χ3v) is 8.45. The zero-order valence-electron chi connectivity index (χ0n) is 25.8. The van der Waals surface area contributed by atoms with Gasteiger partial charge in [0, 0.05) is 27.9 Å². The standard InChI is InChI=1S/C35H32ClF3N2O6/c1-4-46-33(43)28-25(19-9-7-14-24(16-19)45-3)18-26-29(31(28)42)27(20-10-6-12-22(36)15-20)30(34(44)47-5-2)32(40)41(26)23-13-8-11-21(17-23)35(37,38)39/h6-17,25,27-28H,4-5,18,40H2,1-3H3/t25-,27-,28+/m0/s1. The molecule has 0 bridgehead atoms. The van der Waals surface area contributed by atoms with E-state index < -0.39 is 47.2 Å². The molecule has 3 aromatic carbocycles. The number of ketones is 1. The number of anilines is 1. The number of carbonyl (C=O) groups excluding carboxylic acids is 3. The number of rotatable bonds is 8. The van der Waals surface area contributed by atoms with Crippen molar-refractivity contribution in [2.24, 2.45) is 11.7 Å². The van der Waals surface area contributed by atoms with Gasteiger partial charge in [0.2, 0.25) is 0 Å². The Labute approximate surface area is 274 Å². The van der Waals surface area contributed by atoms with Crippen LogP contribution in [0.4, 0.5) is 18.9 Å². The number of benzene rings is 3. The number of alkyl halides is 3. The third-order valence-electron chi connectivity index (χ3n) is 8.21. The second-order valence-electron chi connectivity index (χ2n) is 10.9. The van der Waals surface area contributed by atoms with Gasteiger partial charge in [0.15, 0.2) is 5.78 Å². The molecule has 5 rings (SSSR count). The van der Waals surface area contributed by atoms with E-state index in [4.69, 9.17) is 31.5 Å². The van der Waals surface area contributed by atoms with Crippen LogP contribution >= 0.6 is 11.6 Å². The van der Waals surface area contributed by atoms with Crippen LogP contribution in [-0.2, 0) is 30.0 Å². The van der Waals surface area contributed by atoms with Crippen molar-refractivity contribution in [3.63, 3.8) is 0 Å². The summed E-state index contributed by atoms with van der Waals surface area (Å²) in [6, 6.07) is 17.7. The average molecular weight is 669 g/mol. The lowest BCUT2D eigenvalue weighted by molar-refractivity contribution is -0.152. The maximum Gasteiger partial charge on any atom is 0.416 e. The fraction of sp³-hybridized carbons (Fsp3) is 0.286. The van der Waals surface area contributed by atoms with E-state index in [2.05, 4.69) is 0 Å². The predicted octanol–water partition coefficient (Wildman–Crippen LogP) is 6.89. The summed E-state index contributed by atoms with van der Waals surface area (Å²) in [6.07, 6.45) is -4.74. The number of hydrogen-bond donors (Lipinski definition) is 1. The summed E-state index contributed by atoms with van der Waals surface area (Å²) >= 11 is 6.37. The van der Waals surface area contributed by atoms with Crippen LogP contribution in [0.1, 0.15) is 48.8 Å². The minimum Gasteiger partial charge on any atom is -0.497 e. The molecule has 0 amide bonds. The van der Waals surface area contributed by atoms with Crippen molar-refractivity contribution in [3.05, 3.63) is 117 Å². The number of halogens is 4. The molecule has 0 fully saturated rings. The van der Waals surface area contributed by atoms with E-state index in [0.717, 1.165) is 12.1 Å². The highest BCUT2D eigenvalue weighted by Crippen LogP contribution is 2.52. The van der Waals surface area contributed by atoms with Crippen LogP contribution in [0.25, 0.3) is 0 Å². The zero-order valence-corrected chi connectivity index (χ0v) is 26.5. The fourth-order valence-electron chi connectivity index (χ4n) is 6.26. The topological polar surface area (TPSA) is 108 Å². The molecule has 0 aromatic heterocycles. The number of ether oxygens (including phenoxy) is 3. The summed E-state index contributed by atoms with van der Waals surface area (Å²) in [5.74, 6) is -5.46. The van der Waals surface area contributed by atoms with Crippen molar-refractivity contribution >= 4 is 35.0 Å². The first-order chi connectivity index (χ1) is 22.4. The highest BCUT2D eigenvalue weighted by Gasteiger charge is 2.51. The van der Waals surface area contributed by atoms with Crippen LogP contribution in [0.5, 0.6) is 5.75 Å². The Balaban J connectivity index is 1.85. The minimum absolute atomic E-state index is 0.000805. The van der Waals surface area contributed by atoms with Gasteiger partial charge in [-0.3, -0.25) is 14.5 Å². The summed E-state index contributed by atoms with van der Waals surface area (Å²) in [5, 5.41) is 0.297. The third kappa shape index (κ3) is 6.44. The van der Waals surface area contributed by atoms with Gasteiger partial charge in [-0.05, 0) is 73.9 Å². The molecule has 3 aromatic rings. The van der Waals surface area contributed by atoms with E-state index in [1.807, 2.05) is 0 Å². The SMILES string of the molecule is CCOC(=O)C1=C(N)N(c2cccc(C(F)(F)F)c2)C2=C(C(=O)[C@H](C(=O)OCC)[C@H](c3cccc(OC)c3)C2)[C@@H]1c1cccc(Cl)c1. The molecule has 0 radical (unpaired) electrons. The second kappa shape index (κ2) is 13.5. The van der Waals surface area contributed by atoms with Crippen molar-refractivity contribution in [1.29, 1.82) is 0 Å². The van der Waals surface area contributed by atoms with Crippen molar-refractivity contribution in [2.45, 2.75) is 38.3 Å². The number of esters is 2. The molecule has 8 nitrogen and oxygen atoms in total. The summed E-state index contributed by atoms with van der Waals surface area (Å²) in [5.41, 5.74) is 6.77. The second-order valence-corrected chi connectivity index (χ2v) is 11.4. The lowest BCUT2D eigenvalue weighted by Crippen LogP contribution is -2.46. The molecule has 2 aliphatic rings. The summed E-state index contributed by atoms with van der Waals surface area (Å²) in [7, 11) is 1.48. The molecule has 1 heterocycles. The van der Waals surface area contributed by atoms with Gasteiger partial charge < -0.3 is 19.9 Å². The van der Waals surface area contributed by atoms with Crippen molar-refractivity contribution in [1.82, 2.24) is 0 Å². The number of nitrogens with two attached hydrogens (primary N) is 1. The first kappa shape index (κ1) is 33.6. The van der Waals surface area contributed by atoms with Gasteiger partial charge in [0.25, 0.3) is 0 Å². The Kier molecular flexibility index (Phi) is 9.67. The van der Waals surface area contributed by atoms with Crippen LogP contribution in [0.15, 0.2) is 95.5 Å². The molecular weight excluding hydrogens is 637 g/mol. The smallest absolute Gasteiger partial charge is 0.416 e. The van der Waals surface area contributed by atoms with Gasteiger partial charge in [-0.25, -0.2) is 4.79 Å². The van der Waals surface area contributed by atoms with Crippen LogP contribution in [0.2, 0.25) is 5.02 Å². The van der Waals surface area contributed by atoms with Crippen LogP contribution < -0.4 is 15.4 Å². The number of methoxy groups -OCH3 is 1. The molecule has 1 aliphatic carbocycles. The van der Waals surface area contributed by atoms with Crippen molar-refractivity contribution in [2.75, 3.05) is 25.2 Å². The summed E-state index contributed by atoms with van der Waals surface area (Å²) in [4.78, 5) is 43.5. The van der Waals surface area contributed by atoms with Crippen LogP contribution in [0.3, 0.4) is 0 Å². The predicted molar refractivity (Wildman–Crippen MR) is 168 cm³/mol. The number of hydrogen-bond acceptors (Lipinski definition) is 8. The Hall–Kier alpha value is -4.77. The first-order valence-electron chi connectivity index (χ1n) is 14.9. The molecule has 3 atom stereocenters. The van der Waals surface area contributed by atoms with Gasteiger partial charge in [-0.2, -0.15) is 13.2 Å². The molecule has 12 heteroatoms. The van der Waals surface area contributed by atoms with E-state index >= 15 is 0 Å². The lowest BCUT2D eigenvalue weighted by atomic mass is 9.67. The van der Waals surface area contributed by atoms with Gasteiger partial charge in [-0.15, -0.1) is 0 Å². The van der Waals surface area contributed by atoms with E-state index in [9.17, 15) is 27.6 Å². The quantitative estimate of drug-likeness (QED) is 0.204. The van der Waals surface area contributed by atoms with Gasteiger partial charge in [-0.1, -0.05) is 41.9 Å². The Morgan fingerprint density at radius 1 is 0.957 bits per heavy atom. The number of Topliss-reactive ketones (excluding diaryl/α,β-unsaturated/α-hetero) is 1. The molecule has 0 saturated carbocycles. The zero-order chi connectivity index (χ0) is 34.0. The monoisotopic (exact) mass is 668 g/mol. The molecule has 0 unspecified atom stereocenters. The minimum atomic E-state index is -4.70. The van der Waals surface area contributed by atoms with Crippen LogP contribution in [0, 0.1) is 5.92 Å². The maximum atomic E-state index is 14.9. The molecule has 1 aliphatic heterocycles. The molecule has 47 heavy (non-hydrogen) atoms. The highest BCUT2D eigenvalue weighted by molar-refractivity contribution is 6.30. The van der Waals surface area contributed by atoms with E-state index in [1.165, 1.54) is 24.1 Å². The molecule has 2 N–H and O–H groups in total. The largest absolute Gasteiger partial charge is 0.497 e. The Morgan fingerprint density at radius 3 is 2.30 bits per heavy atom. The number of allylic oxidation sites excluding steroid dienone is 2. The average Bonchev–Trinajstić information content (AvgIpc) is 3.04. The highest BCUT2D eigenvalue weighted by atomic mass is 35.5. The van der Waals surface area contributed by atoms with E-state index in [0.29, 0.717) is 21.9 Å². The van der Waals surface area contributed by atoms with Gasteiger partial charge in [0.05, 0.1) is 37.4 Å². The lowest BCUT2D eigenvalue weighted by Gasteiger charge is -2.44. The molecule has 0 spiro atoms. The normalized spacial score (nSPS) is 19.8. The van der Waals surface area contributed by atoms with Crippen molar-refractivity contribution in [3.8, 4) is 5.75 Å². The number of carbonyl (C=O) groups is 3. The Bertz CT molecular complexity index is 1790. The summed E-state index contributed by atoms with van der Waals surface area (Å²) < 4.78 is 58.0. The van der Waals surface area contributed by atoms with E-state index in [1.54, 1.807) is 62.4 Å². The molecular formula is C35H32ClF3N2O6. The maximum absolute atomic E-state index is 14.9. The summed E-state index contributed by atoms with van der Waals surface area (Å²) in [6.45, 7) is 3.14. The van der Waals surface area contributed by atoms with Crippen LogP contribution in [-0.4, -0.2) is 38.0 Å². The Morgan fingerprint density at radius 2 is 1.64 bits per heavy atom. The number of nitrogens with zero attached hydrogens (tertiary/aromatic N) is 1. The van der Waals surface area contributed by atoms with E-state index in [-0.39, 0.29) is 48.0 Å². The van der Waals surface area contributed by atoms with Gasteiger partial charge in [0.1, 0.15) is 17.5 Å². The van der Waals surface area contributed by atoms with Gasteiger partial charge >= 0.3 is 18.1 Å². The van der Waals surface area contributed by atoms with Crippen molar-refractivity contribution < 1.29 is 41.8 Å².